The molecule has 0 spiro atoms. The van der Waals surface area contributed by atoms with E-state index in [1.54, 1.807) is 30.3 Å². The van der Waals surface area contributed by atoms with Gasteiger partial charge in [0.2, 0.25) is 5.88 Å². The summed E-state index contributed by atoms with van der Waals surface area (Å²) >= 11 is 5.72. The van der Waals surface area contributed by atoms with E-state index in [1.807, 2.05) is 0 Å². The van der Waals surface area contributed by atoms with Gasteiger partial charge in [-0.3, -0.25) is 0 Å². The van der Waals surface area contributed by atoms with Crippen LogP contribution in [0.4, 0.5) is 8.78 Å². The number of nitrogens with zero attached hydrogens (tertiary/aromatic N) is 1. The maximum absolute atomic E-state index is 14.0. The summed E-state index contributed by atoms with van der Waals surface area (Å²) < 4.78 is 33.3. The molecule has 1 aliphatic heterocycles. The fourth-order valence-electron chi connectivity index (χ4n) is 2.66. The first-order valence-electron chi connectivity index (χ1n) is 7.52. The van der Waals surface area contributed by atoms with Crippen molar-refractivity contribution < 1.29 is 13.5 Å². The number of aromatic nitrogens is 1. The van der Waals surface area contributed by atoms with Crippen LogP contribution in [-0.4, -0.2) is 24.2 Å². The summed E-state index contributed by atoms with van der Waals surface area (Å²) in [5.41, 5.74) is 1.07. The Morgan fingerprint density at radius 1 is 1.30 bits per heavy atom. The highest BCUT2D eigenvalue weighted by Crippen LogP contribution is 2.27. The molecule has 2 aromatic rings. The Hall–Kier alpha value is -1.72. The van der Waals surface area contributed by atoms with Gasteiger partial charge in [-0.1, -0.05) is 23.7 Å². The highest BCUT2D eigenvalue weighted by molar-refractivity contribution is 6.30. The van der Waals surface area contributed by atoms with Gasteiger partial charge in [-0.25, -0.2) is 13.8 Å². The average molecular weight is 339 g/mol. The van der Waals surface area contributed by atoms with Gasteiger partial charge in [0.25, 0.3) is 0 Å². The second-order valence-electron chi connectivity index (χ2n) is 5.54. The third kappa shape index (κ3) is 3.98. The number of alkyl halides is 1. The third-order valence-electron chi connectivity index (χ3n) is 3.92. The van der Waals surface area contributed by atoms with Crippen molar-refractivity contribution in [1.82, 2.24) is 10.3 Å². The van der Waals surface area contributed by atoms with Crippen LogP contribution in [-0.2, 0) is 6.61 Å². The first-order chi connectivity index (χ1) is 11.1. The van der Waals surface area contributed by atoms with Crippen LogP contribution >= 0.6 is 11.6 Å². The normalized spacial score (nSPS) is 21.2. The molecular weight excluding hydrogens is 322 g/mol. The van der Waals surface area contributed by atoms with Crippen LogP contribution in [0.3, 0.4) is 0 Å². The zero-order valence-electron chi connectivity index (χ0n) is 12.4. The van der Waals surface area contributed by atoms with E-state index < -0.39 is 12.0 Å². The predicted molar refractivity (Wildman–Crippen MR) is 85.1 cm³/mol. The Morgan fingerprint density at radius 2 is 2.17 bits per heavy atom. The number of nitrogens with one attached hydrogen (secondary N) is 1. The number of ether oxygens (including phenoxy) is 1. The smallest absolute Gasteiger partial charge is 0.213 e. The van der Waals surface area contributed by atoms with Crippen molar-refractivity contribution in [2.45, 2.75) is 25.1 Å². The van der Waals surface area contributed by atoms with Crippen LogP contribution in [0.2, 0.25) is 5.02 Å². The molecule has 1 saturated heterocycles. The van der Waals surface area contributed by atoms with Gasteiger partial charge in [-0.2, -0.15) is 0 Å². The van der Waals surface area contributed by atoms with E-state index in [-0.39, 0.29) is 12.5 Å². The molecule has 0 radical (unpaired) electrons. The summed E-state index contributed by atoms with van der Waals surface area (Å²) in [6, 6.07) is 9.70. The lowest BCUT2D eigenvalue weighted by molar-refractivity contribution is 0.226. The molecule has 3 nitrogen and oxygen atoms in total. The van der Waals surface area contributed by atoms with Crippen molar-refractivity contribution in [2.75, 3.05) is 13.1 Å². The molecule has 6 heteroatoms. The number of halogens is 3. The summed E-state index contributed by atoms with van der Waals surface area (Å²) in [5, 5.41) is 3.36. The minimum Gasteiger partial charge on any atom is -0.473 e. The Kier molecular flexibility index (Phi) is 5.08. The Morgan fingerprint density at radius 3 is 2.96 bits per heavy atom. The molecule has 0 bridgehead atoms. The standard InChI is InChI=1S/C17H17ClF2N2O/c18-12-5-4-11(14(19)8-12)10-23-17-3-1-2-16(22-17)13-6-7-21-9-15(13)20/h1-5,8,13,15,21H,6-7,9-10H2/t13-,15-/m0/s1. The molecule has 3 rings (SSSR count). The molecule has 0 amide bonds. The van der Waals surface area contributed by atoms with Crippen LogP contribution in [0, 0.1) is 5.82 Å². The van der Waals surface area contributed by atoms with Gasteiger partial charge < -0.3 is 10.1 Å². The fourth-order valence-corrected chi connectivity index (χ4v) is 2.82. The molecule has 0 unspecified atom stereocenters. The van der Waals surface area contributed by atoms with Gasteiger partial charge in [0, 0.05) is 29.1 Å². The first-order valence-corrected chi connectivity index (χ1v) is 7.90. The zero-order valence-corrected chi connectivity index (χ0v) is 13.2. The lowest BCUT2D eigenvalue weighted by Gasteiger charge is -2.26. The molecule has 23 heavy (non-hydrogen) atoms. The van der Waals surface area contributed by atoms with E-state index in [0.717, 1.165) is 6.54 Å². The number of pyridine rings is 1. The van der Waals surface area contributed by atoms with Crippen molar-refractivity contribution in [3.8, 4) is 5.88 Å². The van der Waals surface area contributed by atoms with Crippen LogP contribution in [0.1, 0.15) is 23.6 Å². The summed E-state index contributed by atoms with van der Waals surface area (Å²) in [7, 11) is 0. The van der Waals surface area contributed by atoms with E-state index in [0.29, 0.717) is 35.1 Å². The summed E-state index contributed by atoms with van der Waals surface area (Å²) in [5.74, 6) is -0.287. The van der Waals surface area contributed by atoms with Gasteiger partial charge in [-0.15, -0.1) is 0 Å². The minimum absolute atomic E-state index is 0.0464. The molecule has 122 valence electrons. The average Bonchev–Trinajstić information content (AvgIpc) is 2.55. The largest absolute Gasteiger partial charge is 0.473 e. The molecule has 0 aliphatic carbocycles. The van der Waals surface area contributed by atoms with Gasteiger partial charge in [0.1, 0.15) is 18.6 Å². The van der Waals surface area contributed by atoms with Gasteiger partial charge in [0.05, 0.1) is 5.69 Å². The summed E-state index contributed by atoms with van der Waals surface area (Å²) in [6.45, 7) is 1.16. The first kappa shape index (κ1) is 16.1. The Bertz CT molecular complexity index is 683. The minimum atomic E-state index is -0.958. The lowest BCUT2D eigenvalue weighted by atomic mass is 9.92. The SMILES string of the molecule is Fc1cc(Cl)ccc1COc1cccc([C@H]2CCNC[C@@H]2F)n1. The van der Waals surface area contributed by atoms with E-state index in [1.165, 1.54) is 6.07 Å². The molecule has 1 N–H and O–H groups in total. The van der Waals surface area contributed by atoms with Gasteiger partial charge >= 0.3 is 0 Å². The molecular formula is C17H17ClF2N2O. The maximum Gasteiger partial charge on any atom is 0.213 e. The molecule has 2 atom stereocenters. The molecule has 1 aromatic carbocycles. The van der Waals surface area contributed by atoms with Crippen LogP contribution in [0.25, 0.3) is 0 Å². The van der Waals surface area contributed by atoms with Crippen molar-refractivity contribution in [3.63, 3.8) is 0 Å². The number of hydrogen-bond donors (Lipinski definition) is 1. The fraction of sp³-hybridized carbons (Fsp3) is 0.353. The molecule has 2 heterocycles. The third-order valence-corrected chi connectivity index (χ3v) is 4.16. The molecule has 1 aliphatic rings. The highest BCUT2D eigenvalue weighted by atomic mass is 35.5. The van der Waals surface area contributed by atoms with Gasteiger partial charge in [-0.05, 0) is 31.2 Å². The van der Waals surface area contributed by atoms with Crippen LogP contribution in [0.5, 0.6) is 5.88 Å². The van der Waals surface area contributed by atoms with Crippen molar-refractivity contribution in [2.24, 2.45) is 0 Å². The summed E-state index contributed by atoms with van der Waals surface area (Å²) in [4.78, 5) is 4.37. The monoisotopic (exact) mass is 338 g/mol. The van der Waals surface area contributed by atoms with E-state index >= 15 is 0 Å². The van der Waals surface area contributed by atoms with E-state index in [9.17, 15) is 8.78 Å². The van der Waals surface area contributed by atoms with Crippen molar-refractivity contribution >= 4 is 11.6 Å². The second-order valence-corrected chi connectivity index (χ2v) is 5.98. The number of piperidine rings is 1. The maximum atomic E-state index is 14.0. The van der Waals surface area contributed by atoms with E-state index in [4.69, 9.17) is 16.3 Å². The topological polar surface area (TPSA) is 34.1 Å². The van der Waals surface area contributed by atoms with E-state index in [2.05, 4.69) is 10.3 Å². The van der Waals surface area contributed by atoms with Crippen molar-refractivity contribution in [1.29, 1.82) is 0 Å². The van der Waals surface area contributed by atoms with Crippen molar-refractivity contribution in [3.05, 3.63) is 58.5 Å². The van der Waals surface area contributed by atoms with Crippen LogP contribution < -0.4 is 10.1 Å². The highest BCUT2D eigenvalue weighted by Gasteiger charge is 2.27. The summed E-state index contributed by atoms with van der Waals surface area (Å²) in [6.07, 6.45) is -0.260. The number of hydrogen-bond acceptors (Lipinski definition) is 3. The zero-order chi connectivity index (χ0) is 16.2. The lowest BCUT2D eigenvalue weighted by Crippen LogP contribution is -2.37. The quantitative estimate of drug-likeness (QED) is 0.919. The molecule has 1 aromatic heterocycles. The molecule has 0 saturated carbocycles. The second kappa shape index (κ2) is 7.23. The van der Waals surface area contributed by atoms with Gasteiger partial charge in [0.15, 0.2) is 0 Å². The Labute approximate surface area is 138 Å². The number of rotatable bonds is 4. The number of benzene rings is 1. The predicted octanol–water partition coefficient (Wildman–Crippen LogP) is 3.87. The Balaban J connectivity index is 1.70. The molecule has 1 fully saturated rings. The van der Waals surface area contributed by atoms with Crippen LogP contribution in [0.15, 0.2) is 36.4 Å².